The highest BCUT2D eigenvalue weighted by Crippen LogP contribution is 2.47. The van der Waals surface area contributed by atoms with Crippen molar-refractivity contribution in [3.63, 3.8) is 0 Å². The van der Waals surface area contributed by atoms with Crippen LogP contribution in [0.4, 0.5) is 5.82 Å². The lowest BCUT2D eigenvalue weighted by molar-refractivity contribution is 0.413. The van der Waals surface area contributed by atoms with Crippen molar-refractivity contribution >= 4 is 5.82 Å². The van der Waals surface area contributed by atoms with Gasteiger partial charge in [-0.05, 0) is 37.0 Å². The third kappa shape index (κ3) is 1.91. The van der Waals surface area contributed by atoms with Gasteiger partial charge < -0.3 is 5.73 Å². The van der Waals surface area contributed by atoms with E-state index in [1.807, 2.05) is 12.1 Å². The first-order chi connectivity index (χ1) is 9.27. The minimum absolute atomic E-state index is 0.225. The standard InChI is InChI=1S/C15H20N4/c1-2-15(7-3-4-8-15)13-12(14(16)19-18-13)11-5-9-17-10-6-11/h5-6,9-10H,2-4,7-8H2,1H3,(H3,16,18,19). The van der Waals surface area contributed by atoms with Crippen LogP contribution in [0.1, 0.15) is 44.7 Å². The summed E-state index contributed by atoms with van der Waals surface area (Å²) >= 11 is 0. The van der Waals surface area contributed by atoms with Crippen LogP contribution in [-0.2, 0) is 5.41 Å². The number of rotatable bonds is 3. The second-order valence-electron chi connectivity index (χ2n) is 5.44. The van der Waals surface area contributed by atoms with Crippen molar-refractivity contribution in [3.05, 3.63) is 30.2 Å². The zero-order chi connectivity index (χ0) is 13.3. The summed E-state index contributed by atoms with van der Waals surface area (Å²) < 4.78 is 0. The molecule has 19 heavy (non-hydrogen) atoms. The highest BCUT2D eigenvalue weighted by Gasteiger charge is 2.38. The second kappa shape index (κ2) is 4.68. The molecule has 100 valence electrons. The van der Waals surface area contributed by atoms with Gasteiger partial charge in [-0.2, -0.15) is 5.10 Å². The number of hydrogen-bond acceptors (Lipinski definition) is 3. The highest BCUT2D eigenvalue weighted by molar-refractivity contribution is 5.77. The number of aromatic amines is 1. The second-order valence-corrected chi connectivity index (χ2v) is 5.44. The molecule has 1 aliphatic rings. The van der Waals surface area contributed by atoms with Gasteiger partial charge in [-0.1, -0.05) is 19.8 Å². The van der Waals surface area contributed by atoms with Crippen LogP contribution in [0.25, 0.3) is 11.1 Å². The normalized spacial score (nSPS) is 17.7. The summed E-state index contributed by atoms with van der Waals surface area (Å²) in [5, 5.41) is 7.47. The molecule has 0 spiro atoms. The zero-order valence-corrected chi connectivity index (χ0v) is 11.3. The molecule has 2 heterocycles. The van der Waals surface area contributed by atoms with Crippen LogP contribution < -0.4 is 5.73 Å². The van der Waals surface area contributed by atoms with E-state index in [1.165, 1.54) is 31.4 Å². The molecule has 0 saturated heterocycles. The highest BCUT2D eigenvalue weighted by atomic mass is 15.2. The minimum Gasteiger partial charge on any atom is -0.382 e. The number of hydrogen-bond donors (Lipinski definition) is 2. The van der Waals surface area contributed by atoms with Gasteiger partial charge in [0.15, 0.2) is 5.82 Å². The van der Waals surface area contributed by atoms with Crippen molar-refractivity contribution in [2.45, 2.75) is 44.4 Å². The number of H-pyrrole nitrogens is 1. The fraction of sp³-hybridized carbons (Fsp3) is 0.467. The number of nitrogens with one attached hydrogen (secondary N) is 1. The number of pyridine rings is 1. The predicted octanol–water partition coefficient (Wildman–Crippen LogP) is 3.28. The first-order valence-corrected chi connectivity index (χ1v) is 7.01. The molecule has 0 aliphatic heterocycles. The average Bonchev–Trinajstić information content (AvgIpc) is 3.07. The van der Waals surface area contributed by atoms with Crippen LogP contribution in [0.3, 0.4) is 0 Å². The van der Waals surface area contributed by atoms with E-state index in [0.29, 0.717) is 5.82 Å². The lowest BCUT2D eigenvalue weighted by Crippen LogP contribution is -2.22. The fourth-order valence-electron chi connectivity index (χ4n) is 3.38. The molecule has 0 atom stereocenters. The summed E-state index contributed by atoms with van der Waals surface area (Å²) in [6.45, 7) is 2.26. The maximum absolute atomic E-state index is 6.09. The van der Waals surface area contributed by atoms with Crippen LogP contribution in [0, 0.1) is 0 Å². The number of nitrogens with two attached hydrogens (primary N) is 1. The molecule has 4 heteroatoms. The third-order valence-corrected chi connectivity index (χ3v) is 4.53. The summed E-state index contributed by atoms with van der Waals surface area (Å²) in [5.74, 6) is 0.598. The van der Waals surface area contributed by atoms with E-state index in [4.69, 9.17) is 5.73 Å². The zero-order valence-electron chi connectivity index (χ0n) is 11.3. The van der Waals surface area contributed by atoms with Crippen LogP contribution >= 0.6 is 0 Å². The molecule has 2 aromatic heterocycles. The lowest BCUT2D eigenvalue weighted by atomic mass is 9.77. The van der Waals surface area contributed by atoms with Crippen molar-refractivity contribution in [2.75, 3.05) is 5.73 Å². The Bertz CT molecular complexity index is 553. The molecule has 1 fully saturated rings. The first kappa shape index (κ1) is 12.2. The maximum Gasteiger partial charge on any atom is 0.153 e. The van der Waals surface area contributed by atoms with E-state index < -0.39 is 0 Å². The van der Waals surface area contributed by atoms with Gasteiger partial charge in [0, 0.05) is 23.4 Å². The monoisotopic (exact) mass is 256 g/mol. The number of aromatic nitrogens is 3. The number of anilines is 1. The topological polar surface area (TPSA) is 67.6 Å². The Morgan fingerprint density at radius 2 is 1.95 bits per heavy atom. The van der Waals surface area contributed by atoms with Crippen molar-refractivity contribution in [3.8, 4) is 11.1 Å². The van der Waals surface area contributed by atoms with Gasteiger partial charge in [-0.3, -0.25) is 10.1 Å². The van der Waals surface area contributed by atoms with Crippen LogP contribution in [0.5, 0.6) is 0 Å². The summed E-state index contributed by atoms with van der Waals surface area (Å²) in [6, 6.07) is 4.01. The van der Waals surface area contributed by atoms with Gasteiger partial charge in [-0.15, -0.1) is 0 Å². The Kier molecular flexibility index (Phi) is 3.01. The van der Waals surface area contributed by atoms with Gasteiger partial charge in [0.2, 0.25) is 0 Å². The molecule has 0 amide bonds. The quantitative estimate of drug-likeness (QED) is 0.885. The molecule has 0 aromatic carbocycles. The Hall–Kier alpha value is -1.84. The molecule has 0 bridgehead atoms. The molecule has 3 rings (SSSR count). The number of nitrogens with zero attached hydrogens (tertiary/aromatic N) is 2. The molecule has 3 N–H and O–H groups in total. The Labute approximate surface area is 113 Å². The Morgan fingerprint density at radius 3 is 2.58 bits per heavy atom. The van der Waals surface area contributed by atoms with Gasteiger partial charge in [-0.25, -0.2) is 0 Å². The summed E-state index contributed by atoms with van der Waals surface area (Å²) in [4.78, 5) is 4.08. The van der Waals surface area contributed by atoms with Gasteiger partial charge >= 0.3 is 0 Å². The molecule has 0 radical (unpaired) electrons. The summed E-state index contributed by atoms with van der Waals surface area (Å²) in [6.07, 6.45) is 9.78. The SMILES string of the molecule is CCC1(c2[nH]nc(N)c2-c2ccncc2)CCCC1. The van der Waals surface area contributed by atoms with E-state index in [-0.39, 0.29) is 5.41 Å². The minimum atomic E-state index is 0.225. The van der Waals surface area contributed by atoms with Crippen molar-refractivity contribution in [2.24, 2.45) is 0 Å². The smallest absolute Gasteiger partial charge is 0.153 e. The van der Waals surface area contributed by atoms with Crippen LogP contribution in [0.15, 0.2) is 24.5 Å². The van der Waals surface area contributed by atoms with E-state index in [9.17, 15) is 0 Å². The molecule has 1 saturated carbocycles. The van der Waals surface area contributed by atoms with Gasteiger partial charge in [0.05, 0.1) is 5.69 Å². The lowest BCUT2D eigenvalue weighted by Gasteiger charge is -2.27. The van der Waals surface area contributed by atoms with E-state index in [0.717, 1.165) is 17.5 Å². The predicted molar refractivity (Wildman–Crippen MR) is 76.7 cm³/mol. The van der Waals surface area contributed by atoms with E-state index in [2.05, 4.69) is 22.1 Å². The molecular formula is C15H20N4. The summed E-state index contributed by atoms with van der Waals surface area (Å²) in [5.41, 5.74) is 9.72. The Balaban J connectivity index is 2.13. The van der Waals surface area contributed by atoms with Crippen LogP contribution in [-0.4, -0.2) is 15.2 Å². The first-order valence-electron chi connectivity index (χ1n) is 7.01. The van der Waals surface area contributed by atoms with Crippen LogP contribution in [0.2, 0.25) is 0 Å². The van der Waals surface area contributed by atoms with Crippen molar-refractivity contribution < 1.29 is 0 Å². The van der Waals surface area contributed by atoms with Crippen molar-refractivity contribution in [1.29, 1.82) is 0 Å². The average molecular weight is 256 g/mol. The van der Waals surface area contributed by atoms with E-state index in [1.54, 1.807) is 12.4 Å². The number of nitrogen functional groups attached to an aromatic ring is 1. The summed E-state index contributed by atoms with van der Waals surface area (Å²) in [7, 11) is 0. The van der Waals surface area contributed by atoms with Gasteiger partial charge in [0.25, 0.3) is 0 Å². The largest absolute Gasteiger partial charge is 0.382 e. The molecule has 2 aromatic rings. The molecule has 0 unspecified atom stereocenters. The maximum atomic E-state index is 6.09. The molecule has 1 aliphatic carbocycles. The fourth-order valence-corrected chi connectivity index (χ4v) is 3.38. The van der Waals surface area contributed by atoms with Gasteiger partial charge in [0.1, 0.15) is 0 Å². The van der Waals surface area contributed by atoms with Crippen molar-refractivity contribution in [1.82, 2.24) is 15.2 Å². The third-order valence-electron chi connectivity index (χ3n) is 4.53. The Morgan fingerprint density at radius 1 is 1.26 bits per heavy atom. The molecule has 4 nitrogen and oxygen atoms in total. The molecular weight excluding hydrogens is 236 g/mol. The van der Waals surface area contributed by atoms with E-state index >= 15 is 0 Å².